The van der Waals surface area contributed by atoms with Gasteiger partial charge in [-0.25, -0.2) is 0 Å². The van der Waals surface area contributed by atoms with E-state index in [1.807, 2.05) is 0 Å². The molecule has 0 bridgehead atoms. The first-order chi connectivity index (χ1) is 6.20. The summed E-state index contributed by atoms with van der Waals surface area (Å²) in [6, 6.07) is 0. The topological polar surface area (TPSA) is 75.3 Å². The minimum atomic E-state index is -0.407. The van der Waals surface area contributed by atoms with Crippen LogP contribution in [-0.4, -0.2) is 30.2 Å². The number of hydrogen-bond acceptors (Lipinski definition) is 3. The summed E-state index contributed by atoms with van der Waals surface area (Å²) >= 11 is 0. The van der Waals surface area contributed by atoms with E-state index in [1.54, 1.807) is 13.0 Å². The van der Waals surface area contributed by atoms with Gasteiger partial charge in [0.05, 0.1) is 6.10 Å². The lowest BCUT2D eigenvalue weighted by Gasteiger charge is -2.08. The maximum absolute atomic E-state index is 10.9. The number of carbonyl (C=O) groups excluding carboxylic acids is 1. The van der Waals surface area contributed by atoms with Gasteiger partial charge in [-0.1, -0.05) is 6.08 Å². The lowest BCUT2D eigenvalue weighted by Crippen LogP contribution is -2.26. The van der Waals surface area contributed by atoms with Crippen LogP contribution in [0.15, 0.2) is 12.2 Å². The predicted octanol–water partition coefficient (Wildman–Crippen LogP) is -0.221. The normalized spacial score (nSPS) is 13.2. The molecule has 0 aliphatic heterocycles. The average molecular weight is 186 g/mol. The molecule has 4 heteroatoms. The minimum absolute atomic E-state index is 0.123. The second kappa shape index (κ2) is 7.76. The molecule has 0 saturated heterocycles. The number of nitrogens with one attached hydrogen (secondary N) is 1. The fourth-order valence-electron chi connectivity index (χ4n) is 0.909. The number of aliphatic hydroxyl groups excluding tert-OH is 1. The van der Waals surface area contributed by atoms with Gasteiger partial charge in [0.15, 0.2) is 0 Å². The second-order valence-electron chi connectivity index (χ2n) is 2.81. The molecule has 0 aromatic heterocycles. The van der Waals surface area contributed by atoms with Crippen LogP contribution in [0.25, 0.3) is 0 Å². The third-order valence-electron chi connectivity index (χ3n) is 1.59. The largest absolute Gasteiger partial charge is 0.393 e. The minimum Gasteiger partial charge on any atom is -0.393 e. The Kier molecular flexibility index (Phi) is 7.24. The van der Waals surface area contributed by atoms with Crippen LogP contribution in [0.3, 0.4) is 0 Å². The Hall–Kier alpha value is -0.870. The van der Waals surface area contributed by atoms with Crippen LogP contribution in [-0.2, 0) is 4.79 Å². The number of carbonyl (C=O) groups is 1. The second-order valence-corrected chi connectivity index (χ2v) is 2.81. The monoisotopic (exact) mass is 186 g/mol. The number of amides is 1. The van der Waals surface area contributed by atoms with Gasteiger partial charge in [0.2, 0.25) is 5.91 Å². The van der Waals surface area contributed by atoms with Gasteiger partial charge >= 0.3 is 0 Å². The van der Waals surface area contributed by atoms with Crippen LogP contribution < -0.4 is 11.1 Å². The molecule has 13 heavy (non-hydrogen) atoms. The maximum atomic E-state index is 10.9. The summed E-state index contributed by atoms with van der Waals surface area (Å²) in [6.45, 7) is 2.75. The molecule has 0 heterocycles. The highest BCUT2D eigenvalue weighted by Gasteiger charge is 2.02. The number of hydrogen-bond donors (Lipinski definition) is 3. The Morgan fingerprint density at radius 2 is 2.31 bits per heavy atom. The van der Waals surface area contributed by atoms with Gasteiger partial charge in [-0.15, -0.1) is 0 Å². The highest BCUT2D eigenvalue weighted by molar-refractivity contribution is 5.87. The predicted molar refractivity (Wildman–Crippen MR) is 52.1 cm³/mol. The van der Waals surface area contributed by atoms with Crippen molar-refractivity contribution in [2.75, 3.05) is 13.1 Å². The average Bonchev–Trinajstić information content (AvgIpc) is 2.05. The third kappa shape index (κ3) is 7.49. The van der Waals surface area contributed by atoms with Gasteiger partial charge in [-0.05, 0) is 32.4 Å². The zero-order valence-electron chi connectivity index (χ0n) is 7.99. The van der Waals surface area contributed by atoms with Crippen LogP contribution in [0.5, 0.6) is 0 Å². The number of nitrogens with two attached hydrogens (primary N) is 1. The highest BCUT2D eigenvalue weighted by Crippen LogP contribution is 1.93. The Bertz CT molecular complexity index is 169. The summed E-state index contributed by atoms with van der Waals surface area (Å²) < 4.78 is 0. The molecule has 0 aliphatic rings. The quantitative estimate of drug-likeness (QED) is 0.502. The molecule has 0 fully saturated rings. The Labute approximate surface area is 78.8 Å². The molecule has 1 amide bonds. The van der Waals surface area contributed by atoms with Crippen LogP contribution in [0.1, 0.15) is 19.8 Å². The van der Waals surface area contributed by atoms with Crippen molar-refractivity contribution in [1.29, 1.82) is 0 Å². The van der Waals surface area contributed by atoms with Gasteiger partial charge in [-0.3, -0.25) is 4.79 Å². The molecule has 0 radical (unpaired) electrons. The molecule has 0 aromatic rings. The molecule has 4 nitrogen and oxygen atoms in total. The van der Waals surface area contributed by atoms with E-state index in [0.29, 0.717) is 25.9 Å². The fourth-order valence-corrected chi connectivity index (χ4v) is 0.909. The van der Waals surface area contributed by atoms with Crippen LogP contribution in [0, 0.1) is 0 Å². The van der Waals surface area contributed by atoms with Crippen molar-refractivity contribution in [2.24, 2.45) is 5.73 Å². The third-order valence-corrected chi connectivity index (χ3v) is 1.59. The van der Waals surface area contributed by atoms with Gasteiger partial charge in [0.25, 0.3) is 0 Å². The van der Waals surface area contributed by atoms with Crippen molar-refractivity contribution in [3.05, 3.63) is 12.2 Å². The van der Waals surface area contributed by atoms with E-state index < -0.39 is 6.10 Å². The van der Waals surface area contributed by atoms with Crippen LogP contribution >= 0.6 is 0 Å². The van der Waals surface area contributed by atoms with Gasteiger partial charge in [0.1, 0.15) is 0 Å². The number of rotatable bonds is 6. The standard InChI is InChI=1S/C9H18N2O2/c1-2-3-9(13)11-7-5-8(12)4-6-10/h2-3,8,12H,4-7,10H2,1H3,(H,11,13). The summed E-state index contributed by atoms with van der Waals surface area (Å²) in [7, 11) is 0. The van der Waals surface area contributed by atoms with E-state index in [4.69, 9.17) is 5.73 Å². The van der Waals surface area contributed by atoms with Crippen molar-refractivity contribution < 1.29 is 9.90 Å². The van der Waals surface area contributed by atoms with Crippen molar-refractivity contribution in [2.45, 2.75) is 25.9 Å². The summed E-state index contributed by atoms with van der Waals surface area (Å²) in [5.41, 5.74) is 5.25. The van der Waals surface area contributed by atoms with Gasteiger partial charge in [-0.2, -0.15) is 0 Å². The molecule has 0 aliphatic carbocycles. The van der Waals surface area contributed by atoms with Gasteiger partial charge in [0, 0.05) is 6.54 Å². The Balaban J connectivity index is 3.39. The first-order valence-corrected chi connectivity index (χ1v) is 4.49. The molecule has 0 spiro atoms. The van der Waals surface area contributed by atoms with E-state index >= 15 is 0 Å². The number of aliphatic hydroxyl groups is 1. The van der Waals surface area contributed by atoms with Crippen molar-refractivity contribution in [1.82, 2.24) is 5.32 Å². The van der Waals surface area contributed by atoms with Gasteiger partial charge < -0.3 is 16.2 Å². The molecule has 1 atom stereocenters. The zero-order chi connectivity index (χ0) is 10.1. The summed E-state index contributed by atoms with van der Waals surface area (Å²) in [5.74, 6) is -0.123. The first-order valence-electron chi connectivity index (χ1n) is 4.49. The lowest BCUT2D eigenvalue weighted by atomic mass is 10.2. The Morgan fingerprint density at radius 1 is 1.62 bits per heavy atom. The van der Waals surface area contributed by atoms with Crippen LogP contribution in [0.4, 0.5) is 0 Å². The molecule has 4 N–H and O–H groups in total. The molecular formula is C9H18N2O2. The van der Waals surface area contributed by atoms with E-state index in [0.717, 1.165) is 0 Å². The molecule has 1 unspecified atom stereocenters. The summed E-state index contributed by atoms with van der Waals surface area (Å²) in [6.07, 6.45) is 3.86. The highest BCUT2D eigenvalue weighted by atomic mass is 16.3. The van der Waals surface area contributed by atoms with Crippen LogP contribution in [0.2, 0.25) is 0 Å². The fraction of sp³-hybridized carbons (Fsp3) is 0.667. The van der Waals surface area contributed by atoms with E-state index in [-0.39, 0.29) is 5.91 Å². The zero-order valence-corrected chi connectivity index (χ0v) is 7.99. The molecule has 0 saturated carbocycles. The lowest BCUT2D eigenvalue weighted by molar-refractivity contribution is -0.116. The molecule has 0 rings (SSSR count). The van der Waals surface area contributed by atoms with Crippen molar-refractivity contribution in [3.63, 3.8) is 0 Å². The SMILES string of the molecule is CC=CC(=O)NCCC(O)CCN. The van der Waals surface area contributed by atoms with E-state index in [2.05, 4.69) is 5.32 Å². The molecule has 76 valence electrons. The van der Waals surface area contributed by atoms with E-state index in [1.165, 1.54) is 6.08 Å². The summed E-state index contributed by atoms with van der Waals surface area (Å²) in [4.78, 5) is 10.9. The Morgan fingerprint density at radius 3 is 2.85 bits per heavy atom. The molecule has 0 aromatic carbocycles. The van der Waals surface area contributed by atoms with Crippen molar-refractivity contribution in [3.8, 4) is 0 Å². The smallest absolute Gasteiger partial charge is 0.243 e. The van der Waals surface area contributed by atoms with Crippen molar-refractivity contribution >= 4 is 5.91 Å². The first kappa shape index (κ1) is 12.1. The summed E-state index contributed by atoms with van der Waals surface area (Å²) in [5, 5.41) is 11.9. The number of allylic oxidation sites excluding steroid dienone is 1. The van der Waals surface area contributed by atoms with E-state index in [9.17, 15) is 9.90 Å². The molecular weight excluding hydrogens is 168 g/mol. The maximum Gasteiger partial charge on any atom is 0.243 e.